The van der Waals surface area contributed by atoms with Crippen molar-refractivity contribution in [3.8, 4) is 0 Å². The Balaban J connectivity index is 1.65. The summed E-state index contributed by atoms with van der Waals surface area (Å²) in [6, 6.07) is 10.7. The Kier molecular flexibility index (Phi) is 6.61. The quantitative estimate of drug-likeness (QED) is 0.621. The molecule has 0 saturated carbocycles. The van der Waals surface area contributed by atoms with Crippen molar-refractivity contribution in [1.82, 2.24) is 10.3 Å². The lowest BCUT2D eigenvalue weighted by molar-refractivity contribution is 0.617. The highest BCUT2D eigenvalue weighted by Gasteiger charge is 2.02. The third kappa shape index (κ3) is 5.27. The van der Waals surface area contributed by atoms with Gasteiger partial charge in [-0.1, -0.05) is 24.3 Å². The average molecular weight is 335 g/mol. The number of nitrogens with one attached hydrogen (secondary N) is 2. The molecule has 0 saturated heterocycles. The van der Waals surface area contributed by atoms with Crippen LogP contribution in [0, 0.1) is 12.7 Å². The number of thioether (sulfide) groups is 1. The molecule has 2 N–H and O–H groups in total. The van der Waals surface area contributed by atoms with E-state index in [-0.39, 0.29) is 5.82 Å². The van der Waals surface area contributed by atoms with Crippen LogP contribution >= 0.6 is 24.0 Å². The second-order valence-electron chi connectivity index (χ2n) is 4.69. The lowest BCUT2D eigenvalue weighted by Crippen LogP contribution is -2.30. The molecule has 0 radical (unpaired) electrons. The minimum absolute atomic E-state index is 0.147. The van der Waals surface area contributed by atoms with Crippen molar-refractivity contribution in [3.05, 3.63) is 59.5 Å². The van der Waals surface area contributed by atoms with Gasteiger partial charge in [-0.3, -0.25) is 0 Å². The number of aromatic nitrogens is 1. The molecule has 0 amide bonds. The third-order valence-corrected chi connectivity index (χ3v) is 4.24. The largest absolute Gasteiger partial charge is 0.362 e. The Morgan fingerprint density at radius 2 is 2.09 bits per heavy atom. The summed E-state index contributed by atoms with van der Waals surface area (Å²) < 4.78 is 13.4. The molecule has 2 aromatic rings. The molecule has 0 bridgehead atoms. The Hall–Kier alpha value is -1.66. The van der Waals surface area contributed by atoms with Gasteiger partial charge < -0.3 is 10.6 Å². The van der Waals surface area contributed by atoms with Gasteiger partial charge in [-0.15, -0.1) is 0 Å². The van der Waals surface area contributed by atoms with Crippen LogP contribution in [0.25, 0.3) is 0 Å². The van der Waals surface area contributed by atoms with Crippen LogP contribution < -0.4 is 10.6 Å². The number of hydrogen-bond donors (Lipinski definition) is 2. The minimum Gasteiger partial charge on any atom is -0.362 e. The summed E-state index contributed by atoms with van der Waals surface area (Å²) >= 11 is 6.89. The molecule has 1 aromatic heterocycles. The van der Waals surface area contributed by atoms with Gasteiger partial charge in [0.25, 0.3) is 0 Å². The van der Waals surface area contributed by atoms with Crippen molar-refractivity contribution in [2.75, 3.05) is 17.6 Å². The molecule has 2 rings (SSSR count). The number of aryl methyl sites for hydroxylation is 1. The molecule has 1 heterocycles. The van der Waals surface area contributed by atoms with E-state index in [0.29, 0.717) is 10.9 Å². The topological polar surface area (TPSA) is 37.0 Å². The van der Waals surface area contributed by atoms with Crippen LogP contribution in [0.3, 0.4) is 0 Å². The molecule has 0 atom stereocenters. The number of pyridine rings is 1. The molecule has 6 heteroatoms. The van der Waals surface area contributed by atoms with Crippen LogP contribution in [0.1, 0.15) is 11.1 Å². The lowest BCUT2D eigenvalue weighted by Gasteiger charge is -2.11. The van der Waals surface area contributed by atoms with E-state index in [1.807, 2.05) is 31.2 Å². The molecule has 0 fully saturated rings. The maximum absolute atomic E-state index is 13.4. The fraction of sp³-hybridized carbons (Fsp3) is 0.250. The number of benzene rings is 1. The maximum Gasteiger partial charge on any atom is 0.171 e. The first-order valence-electron chi connectivity index (χ1n) is 6.94. The van der Waals surface area contributed by atoms with Crippen LogP contribution in [0.2, 0.25) is 0 Å². The van der Waals surface area contributed by atoms with Crippen LogP contribution in [-0.4, -0.2) is 22.4 Å². The minimum atomic E-state index is -0.147. The van der Waals surface area contributed by atoms with Gasteiger partial charge in [0.1, 0.15) is 11.6 Å². The van der Waals surface area contributed by atoms with Crippen LogP contribution in [0.5, 0.6) is 0 Å². The molecule has 1 aromatic carbocycles. The van der Waals surface area contributed by atoms with Crippen LogP contribution in [0.4, 0.5) is 10.2 Å². The first-order valence-corrected chi connectivity index (χ1v) is 8.51. The second-order valence-corrected chi connectivity index (χ2v) is 6.21. The highest BCUT2D eigenvalue weighted by Crippen LogP contribution is 2.14. The molecule has 0 spiro atoms. The molecule has 22 heavy (non-hydrogen) atoms. The summed E-state index contributed by atoms with van der Waals surface area (Å²) in [6.07, 6.45) is 1.72. The Labute approximate surface area is 139 Å². The van der Waals surface area contributed by atoms with Gasteiger partial charge in [-0.25, -0.2) is 9.37 Å². The van der Waals surface area contributed by atoms with Gasteiger partial charge in [-0.2, -0.15) is 11.8 Å². The number of nitrogens with zero attached hydrogens (tertiary/aromatic N) is 1. The molecular weight excluding hydrogens is 317 g/mol. The van der Waals surface area contributed by atoms with E-state index in [9.17, 15) is 4.39 Å². The highest BCUT2D eigenvalue weighted by molar-refractivity contribution is 7.98. The Morgan fingerprint density at radius 1 is 1.27 bits per heavy atom. The Bertz CT molecular complexity index is 634. The maximum atomic E-state index is 13.4. The normalized spacial score (nSPS) is 10.3. The summed E-state index contributed by atoms with van der Waals surface area (Å²) in [7, 11) is 0. The first kappa shape index (κ1) is 16.7. The number of thiocarbonyl (C=S) groups is 1. The molecule has 116 valence electrons. The van der Waals surface area contributed by atoms with Crippen molar-refractivity contribution >= 4 is 34.9 Å². The number of anilines is 1. The van der Waals surface area contributed by atoms with E-state index in [1.54, 1.807) is 24.0 Å². The van der Waals surface area contributed by atoms with E-state index in [4.69, 9.17) is 12.2 Å². The fourth-order valence-corrected chi connectivity index (χ4v) is 2.85. The van der Waals surface area contributed by atoms with Crippen molar-refractivity contribution in [3.63, 3.8) is 0 Å². The number of halogens is 1. The number of hydrogen-bond acceptors (Lipinski definition) is 3. The molecule has 3 nitrogen and oxygen atoms in total. The van der Waals surface area contributed by atoms with E-state index < -0.39 is 0 Å². The number of rotatable bonds is 6. The van der Waals surface area contributed by atoms with Crippen molar-refractivity contribution in [1.29, 1.82) is 0 Å². The predicted octanol–water partition coefficient (Wildman–Crippen LogP) is 3.75. The SMILES string of the molecule is Cc1cccnc1NC(=S)NCCSCc1ccccc1F. The summed E-state index contributed by atoms with van der Waals surface area (Å²) in [5.74, 6) is 2.12. The van der Waals surface area contributed by atoms with E-state index >= 15 is 0 Å². The lowest BCUT2D eigenvalue weighted by atomic mass is 10.2. The van der Waals surface area contributed by atoms with E-state index in [2.05, 4.69) is 15.6 Å². The Morgan fingerprint density at radius 3 is 2.86 bits per heavy atom. The predicted molar refractivity (Wildman–Crippen MR) is 95.8 cm³/mol. The summed E-state index contributed by atoms with van der Waals surface area (Å²) in [5.41, 5.74) is 1.78. The second kappa shape index (κ2) is 8.70. The highest BCUT2D eigenvalue weighted by atomic mass is 32.2. The van der Waals surface area contributed by atoms with E-state index in [1.165, 1.54) is 6.07 Å². The van der Waals surface area contributed by atoms with Gasteiger partial charge in [0.2, 0.25) is 0 Å². The molecule has 0 aliphatic heterocycles. The smallest absolute Gasteiger partial charge is 0.171 e. The molecule has 0 aliphatic carbocycles. The van der Waals surface area contributed by atoms with Gasteiger partial charge in [0.05, 0.1) is 0 Å². The first-order chi connectivity index (χ1) is 10.7. The standard InChI is InChI=1S/C16H18FN3S2/c1-12-5-4-8-18-15(12)20-16(21)19-9-10-22-11-13-6-2-3-7-14(13)17/h2-8H,9-11H2,1H3,(H2,18,19,20,21). The van der Waals surface area contributed by atoms with E-state index in [0.717, 1.165) is 29.2 Å². The van der Waals surface area contributed by atoms with Crippen LogP contribution in [0.15, 0.2) is 42.6 Å². The average Bonchev–Trinajstić information content (AvgIpc) is 2.51. The molecular formula is C16H18FN3S2. The van der Waals surface area contributed by atoms with Gasteiger partial charge in [-0.05, 0) is 42.4 Å². The zero-order valence-electron chi connectivity index (χ0n) is 12.3. The van der Waals surface area contributed by atoms with Crippen LogP contribution in [-0.2, 0) is 5.75 Å². The van der Waals surface area contributed by atoms with Gasteiger partial charge >= 0.3 is 0 Å². The molecule has 0 aliphatic rings. The molecule has 0 unspecified atom stereocenters. The monoisotopic (exact) mass is 335 g/mol. The summed E-state index contributed by atoms with van der Waals surface area (Å²) in [5, 5.41) is 6.74. The fourth-order valence-electron chi connectivity index (χ4n) is 1.80. The third-order valence-electron chi connectivity index (χ3n) is 2.99. The summed E-state index contributed by atoms with van der Waals surface area (Å²) in [6.45, 7) is 2.69. The van der Waals surface area contributed by atoms with Crippen molar-refractivity contribution < 1.29 is 4.39 Å². The van der Waals surface area contributed by atoms with Crippen molar-refractivity contribution in [2.24, 2.45) is 0 Å². The zero-order valence-corrected chi connectivity index (χ0v) is 13.9. The van der Waals surface area contributed by atoms with Gasteiger partial charge in [0, 0.05) is 24.2 Å². The summed E-state index contributed by atoms with van der Waals surface area (Å²) in [4.78, 5) is 4.23. The zero-order chi connectivity index (χ0) is 15.8. The van der Waals surface area contributed by atoms with Crippen molar-refractivity contribution in [2.45, 2.75) is 12.7 Å². The van der Waals surface area contributed by atoms with Gasteiger partial charge in [0.15, 0.2) is 5.11 Å².